The Labute approximate surface area is 135 Å². The summed E-state index contributed by atoms with van der Waals surface area (Å²) in [6.07, 6.45) is 7.26. The molecule has 0 saturated heterocycles. The van der Waals surface area contributed by atoms with Crippen LogP contribution in [0.2, 0.25) is 5.02 Å². The van der Waals surface area contributed by atoms with E-state index in [0.29, 0.717) is 16.6 Å². The molecule has 2 aromatic rings. The van der Waals surface area contributed by atoms with Crippen molar-refractivity contribution in [1.29, 1.82) is 0 Å². The second-order valence-electron chi connectivity index (χ2n) is 6.18. The fraction of sp³-hybridized carbons (Fsp3) is 0.529. The summed E-state index contributed by atoms with van der Waals surface area (Å²) in [6, 6.07) is 3.85. The van der Waals surface area contributed by atoms with E-state index in [0.717, 1.165) is 24.2 Å². The lowest BCUT2D eigenvalue weighted by Crippen LogP contribution is -2.41. The zero-order valence-electron chi connectivity index (χ0n) is 13.1. The minimum absolute atomic E-state index is 0.0228. The fourth-order valence-corrected chi connectivity index (χ4v) is 3.48. The smallest absolute Gasteiger partial charge is 0.270 e. The van der Waals surface area contributed by atoms with E-state index in [1.807, 2.05) is 17.5 Å². The van der Waals surface area contributed by atoms with Gasteiger partial charge in [0.15, 0.2) is 0 Å². The molecule has 1 saturated carbocycles. The van der Waals surface area contributed by atoms with Crippen molar-refractivity contribution in [3.8, 4) is 0 Å². The molecule has 1 N–H and O–H groups in total. The van der Waals surface area contributed by atoms with E-state index in [2.05, 4.69) is 17.2 Å². The van der Waals surface area contributed by atoms with Gasteiger partial charge in [0.2, 0.25) is 0 Å². The number of carbonyl (C=O) groups is 1. The van der Waals surface area contributed by atoms with Gasteiger partial charge in [0.25, 0.3) is 5.91 Å². The monoisotopic (exact) mass is 319 g/mol. The zero-order chi connectivity index (χ0) is 15.7. The van der Waals surface area contributed by atoms with Gasteiger partial charge in [-0.3, -0.25) is 9.20 Å². The SMILES string of the molecule is CCc1nc2cc(Cl)ccn2c1C(=O)NC1CCCCC1C. The van der Waals surface area contributed by atoms with Crippen LogP contribution in [-0.2, 0) is 6.42 Å². The number of fused-ring (bicyclic) bond motifs is 1. The van der Waals surface area contributed by atoms with E-state index in [4.69, 9.17) is 11.6 Å². The highest BCUT2D eigenvalue weighted by Crippen LogP contribution is 2.24. The van der Waals surface area contributed by atoms with Gasteiger partial charge in [0.05, 0.1) is 5.69 Å². The van der Waals surface area contributed by atoms with Crippen LogP contribution >= 0.6 is 11.6 Å². The van der Waals surface area contributed by atoms with Crippen molar-refractivity contribution >= 4 is 23.2 Å². The largest absolute Gasteiger partial charge is 0.348 e. The minimum atomic E-state index is -0.0228. The molecule has 4 nitrogen and oxygen atoms in total. The van der Waals surface area contributed by atoms with Gasteiger partial charge in [0, 0.05) is 23.3 Å². The molecule has 2 heterocycles. The quantitative estimate of drug-likeness (QED) is 0.933. The first-order chi connectivity index (χ1) is 10.6. The number of amides is 1. The van der Waals surface area contributed by atoms with Crippen LogP contribution in [0.1, 0.15) is 55.7 Å². The number of hydrogen-bond acceptors (Lipinski definition) is 2. The predicted octanol–water partition coefficient (Wildman–Crippen LogP) is 3.86. The van der Waals surface area contributed by atoms with E-state index in [-0.39, 0.29) is 11.9 Å². The van der Waals surface area contributed by atoms with Crippen molar-refractivity contribution in [2.45, 2.75) is 52.0 Å². The number of rotatable bonds is 3. The highest BCUT2D eigenvalue weighted by Gasteiger charge is 2.26. The summed E-state index contributed by atoms with van der Waals surface area (Å²) in [6.45, 7) is 4.24. The van der Waals surface area contributed by atoms with Gasteiger partial charge < -0.3 is 5.32 Å². The van der Waals surface area contributed by atoms with Crippen molar-refractivity contribution in [2.24, 2.45) is 5.92 Å². The average Bonchev–Trinajstić information content (AvgIpc) is 2.87. The number of aryl methyl sites for hydroxylation is 1. The van der Waals surface area contributed by atoms with Gasteiger partial charge in [-0.1, -0.05) is 38.3 Å². The van der Waals surface area contributed by atoms with Gasteiger partial charge >= 0.3 is 0 Å². The van der Waals surface area contributed by atoms with E-state index >= 15 is 0 Å². The molecule has 1 aliphatic carbocycles. The third-order valence-corrected chi connectivity index (χ3v) is 4.87. The molecule has 0 aliphatic heterocycles. The number of hydrogen-bond donors (Lipinski definition) is 1. The highest BCUT2D eigenvalue weighted by molar-refractivity contribution is 6.30. The molecule has 3 rings (SSSR count). The maximum atomic E-state index is 12.8. The first kappa shape index (κ1) is 15.3. The summed E-state index contributed by atoms with van der Waals surface area (Å²) in [5.41, 5.74) is 2.20. The molecule has 1 fully saturated rings. The molecule has 0 bridgehead atoms. The molecule has 0 radical (unpaired) electrons. The van der Waals surface area contributed by atoms with Crippen molar-refractivity contribution in [3.63, 3.8) is 0 Å². The summed E-state index contributed by atoms with van der Waals surface area (Å²) in [5.74, 6) is 0.516. The van der Waals surface area contributed by atoms with E-state index in [9.17, 15) is 4.79 Å². The second kappa shape index (κ2) is 6.29. The molecular weight excluding hydrogens is 298 g/mol. The fourth-order valence-electron chi connectivity index (χ4n) is 3.32. The molecule has 118 valence electrons. The number of nitrogens with one attached hydrogen (secondary N) is 1. The van der Waals surface area contributed by atoms with Crippen LogP contribution in [0, 0.1) is 5.92 Å². The van der Waals surface area contributed by atoms with E-state index in [1.54, 1.807) is 12.1 Å². The third kappa shape index (κ3) is 2.84. The second-order valence-corrected chi connectivity index (χ2v) is 6.61. The Hall–Kier alpha value is -1.55. The van der Waals surface area contributed by atoms with Crippen LogP contribution < -0.4 is 5.32 Å². The molecular formula is C17H22ClN3O. The summed E-state index contributed by atoms with van der Waals surface area (Å²) >= 11 is 6.02. The maximum absolute atomic E-state index is 12.8. The summed E-state index contributed by atoms with van der Waals surface area (Å²) in [7, 11) is 0. The summed E-state index contributed by atoms with van der Waals surface area (Å²) in [5, 5.41) is 3.85. The summed E-state index contributed by atoms with van der Waals surface area (Å²) < 4.78 is 1.84. The average molecular weight is 320 g/mol. The number of pyridine rings is 1. The predicted molar refractivity (Wildman–Crippen MR) is 88.5 cm³/mol. The topological polar surface area (TPSA) is 46.4 Å². The van der Waals surface area contributed by atoms with Crippen LogP contribution in [-0.4, -0.2) is 21.3 Å². The Bertz CT molecular complexity index is 695. The molecule has 2 aromatic heterocycles. The molecule has 5 heteroatoms. The molecule has 0 spiro atoms. The van der Waals surface area contributed by atoms with E-state index < -0.39 is 0 Å². The minimum Gasteiger partial charge on any atom is -0.348 e. The lowest BCUT2D eigenvalue weighted by Gasteiger charge is -2.29. The number of aromatic nitrogens is 2. The Balaban J connectivity index is 1.92. The lowest BCUT2D eigenvalue weighted by atomic mass is 9.86. The Morgan fingerprint density at radius 3 is 2.95 bits per heavy atom. The van der Waals surface area contributed by atoms with Crippen LogP contribution in [0.15, 0.2) is 18.3 Å². The van der Waals surface area contributed by atoms with Crippen molar-refractivity contribution in [1.82, 2.24) is 14.7 Å². The number of imidazole rings is 1. The van der Waals surface area contributed by atoms with Crippen molar-refractivity contribution in [2.75, 3.05) is 0 Å². The van der Waals surface area contributed by atoms with Gasteiger partial charge in [-0.15, -0.1) is 0 Å². The lowest BCUT2D eigenvalue weighted by molar-refractivity contribution is 0.0903. The maximum Gasteiger partial charge on any atom is 0.270 e. The van der Waals surface area contributed by atoms with Crippen LogP contribution in [0.25, 0.3) is 5.65 Å². The van der Waals surface area contributed by atoms with Crippen molar-refractivity contribution < 1.29 is 4.79 Å². The molecule has 0 aromatic carbocycles. The zero-order valence-corrected chi connectivity index (χ0v) is 13.9. The van der Waals surface area contributed by atoms with Crippen LogP contribution in [0.5, 0.6) is 0 Å². The van der Waals surface area contributed by atoms with Gasteiger partial charge in [-0.05, 0) is 31.2 Å². The number of nitrogens with zero attached hydrogens (tertiary/aromatic N) is 2. The highest BCUT2D eigenvalue weighted by atomic mass is 35.5. The first-order valence-corrected chi connectivity index (χ1v) is 8.45. The Morgan fingerprint density at radius 2 is 2.23 bits per heavy atom. The third-order valence-electron chi connectivity index (χ3n) is 4.64. The van der Waals surface area contributed by atoms with Crippen LogP contribution in [0.3, 0.4) is 0 Å². The van der Waals surface area contributed by atoms with Crippen molar-refractivity contribution in [3.05, 3.63) is 34.7 Å². The van der Waals surface area contributed by atoms with Gasteiger partial charge in [-0.2, -0.15) is 0 Å². The molecule has 2 unspecified atom stereocenters. The molecule has 1 amide bonds. The molecule has 22 heavy (non-hydrogen) atoms. The summed E-state index contributed by atoms with van der Waals surface area (Å²) in [4.78, 5) is 17.3. The Morgan fingerprint density at radius 1 is 1.45 bits per heavy atom. The number of halogens is 1. The number of carbonyl (C=O) groups excluding carboxylic acids is 1. The van der Waals surface area contributed by atoms with Gasteiger partial charge in [0.1, 0.15) is 11.3 Å². The normalized spacial score (nSPS) is 22.0. The Kier molecular flexibility index (Phi) is 4.39. The van der Waals surface area contributed by atoms with Gasteiger partial charge in [-0.25, -0.2) is 4.98 Å². The van der Waals surface area contributed by atoms with E-state index in [1.165, 1.54) is 19.3 Å². The molecule has 1 aliphatic rings. The first-order valence-electron chi connectivity index (χ1n) is 8.07. The van der Waals surface area contributed by atoms with Crippen LogP contribution in [0.4, 0.5) is 0 Å². The molecule has 2 atom stereocenters. The standard InChI is InChI=1S/C17H22ClN3O/c1-3-13-16(21-9-8-12(18)10-15(21)19-13)17(22)20-14-7-5-4-6-11(14)2/h8-11,14H,3-7H2,1-2H3,(H,20,22).